The highest BCUT2D eigenvalue weighted by Gasteiger charge is 2.28. The Labute approximate surface area is 227 Å². The summed E-state index contributed by atoms with van der Waals surface area (Å²) >= 11 is 0. The van der Waals surface area contributed by atoms with Crippen LogP contribution in [-0.4, -0.2) is 79.4 Å². The number of anilines is 5. The summed E-state index contributed by atoms with van der Waals surface area (Å²) in [5.74, 6) is 0.938. The minimum Gasteiger partial charge on any atom is -0.492 e. The monoisotopic (exact) mass is 528 g/mol. The number of carbonyl (C=O) groups is 3. The summed E-state index contributed by atoms with van der Waals surface area (Å²) in [6.45, 7) is 5.91. The number of amides is 3. The van der Waals surface area contributed by atoms with Crippen molar-refractivity contribution in [1.82, 2.24) is 14.8 Å². The van der Waals surface area contributed by atoms with E-state index >= 15 is 0 Å². The predicted molar refractivity (Wildman–Crippen MR) is 151 cm³/mol. The molecule has 1 fully saturated rings. The van der Waals surface area contributed by atoms with Crippen LogP contribution in [0.1, 0.15) is 34.6 Å². The van der Waals surface area contributed by atoms with E-state index in [4.69, 9.17) is 4.74 Å². The lowest BCUT2D eigenvalue weighted by atomic mass is 10.1. The summed E-state index contributed by atoms with van der Waals surface area (Å²) in [7, 11) is 3.67. The molecule has 0 radical (unpaired) electrons. The average Bonchev–Trinajstić information content (AvgIpc) is 3.03. The molecule has 202 valence electrons. The maximum atomic E-state index is 13.2. The fraction of sp³-hybridized carbons (Fsp3) is 0.310. The summed E-state index contributed by atoms with van der Waals surface area (Å²) < 4.78 is 5.89. The molecule has 1 aromatic heterocycles. The molecule has 1 saturated heterocycles. The average molecular weight is 529 g/mol. The molecule has 3 heterocycles. The van der Waals surface area contributed by atoms with E-state index in [1.807, 2.05) is 55.3 Å². The molecule has 2 aromatic carbocycles. The molecule has 3 aromatic rings. The summed E-state index contributed by atoms with van der Waals surface area (Å²) in [6, 6.07) is 14.7. The van der Waals surface area contributed by atoms with Gasteiger partial charge in [0.25, 0.3) is 11.8 Å². The Morgan fingerprint density at radius 3 is 2.36 bits per heavy atom. The zero-order chi connectivity index (χ0) is 27.7. The van der Waals surface area contributed by atoms with Crippen LogP contribution in [0, 0.1) is 0 Å². The molecule has 39 heavy (non-hydrogen) atoms. The number of nitrogens with one attached hydrogen (secondary N) is 1. The van der Waals surface area contributed by atoms with Crippen LogP contribution < -0.4 is 19.9 Å². The Balaban J connectivity index is 1.41. The van der Waals surface area contributed by atoms with E-state index in [1.54, 1.807) is 47.0 Å². The van der Waals surface area contributed by atoms with Gasteiger partial charge in [-0.3, -0.25) is 14.4 Å². The van der Waals surface area contributed by atoms with Crippen LogP contribution in [0.4, 0.5) is 28.6 Å². The second kappa shape index (κ2) is 10.6. The molecule has 2 aliphatic rings. The smallest absolute Gasteiger partial charge is 0.260 e. The van der Waals surface area contributed by atoms with Gasteiger partial charge in [-0.25, -0.2) is 4.98 Å². The van der Waals surface area contributed by atoms with Crippen LogP contribution in [0.25, 0.3) is 0 Å². The predicted octanol–water partition coefficient (Wildman–Crippen LogP) is 3.89. The molecule has 1 N–H and O–H groups in total. The summed E-state index contributed by atoms with van der Waals surface area (Å²) in [5, 5.41) is 3.33. The number of carbonyl (C=O) groups excluding carboxylic acids is 3. The number of pyridine rings is 1. The van der Waals surface area contributed by atoms with E-state index in [1.165, 1.54) is 0 Å². The minimum atomic E-state index is -0.0969. The molecular weight excluding hydrogens is 496 g/mol. The van der Waals surface area contributed by atoms with Gasteiger partial charge in [-0.2, -0.15) is 0 Å². The number of ether oxygens (including phenoxy) is 1. The topological polar surface area (TPSA) is 98.3 Å². The lowest BCUT2D eigenvalue weighted by Crippen LogP contribution is -2.50. The molecule has 0 atom stereocenters. The van der Waals surface area contributed by atoms with Gasteiger partial charge in [-0.05, 0) is 37.3 Å². The van der Waals surface area contributed by atoms with Crippen LogP contribution in [-0.2, 0) is 4.79 Å². The van der Waals surface area contributed by atoms with E-state index < -0.39 is 0 Å². The molecule has 2 aliphatic heterocycles. The van der Waals surface area contributed by atoms with E-state index in [9.17, 15) is 14.4 Å². The summed E-state index contributed by atoms with van der Waals surface area (Å²) in [5.41, 5.74) is 4.14. The van der Waals surface area contributed by atoms with Gasteiger partial charge < -0.3 is 29.7 Å². The van der Waals surface area contributed by atoms with Crippen molar-refractivity contribution in [3.63, 3.8) is 0 Å². The van der Waals surface area contributed by atoms with Crippen LogP contribution in [0.2, 0.25) is 0 Å². The van der Waals surface area contributed by atoms with Gasteiger partial charge in [0.15, 0.2) is 0 Å². The molecule has 0 spiro atoms. The third kappa shape index (κ3) is 4.97. The van der Waals surface area contributed by atoms with Crippen molar-refractivity contribution in [2.24, 2.45) is 0 Å². The van der Waals surface area contributed by atoms with Crippen LogP contribution in [0.5, 0.6) is 5.75 Å². The molecule has 10 nitrogen and oxygen atoms in total. The molecule has 0 saturated carbocycles. The number of hydrogen-bond acceptors (Lipinski definition) is 7. The molecule has 0 bridgehead atoms. The van der Waals surface area contributed by atoms with Crippen molar-refractivity contribution in [3.8, 4) is 5.75 Å². The van der Waals surface area contributed by atoms with Gasteiger partial charge in [0.2, 0.25) is 5.91 Å². The van der Waals surface area contributed by atoms with Crippen LogP contribution >= 0.6 is 0 Å². The maximum absolute atomic E-state index is 13.2. The molecular formula is C29H32N6O4. The second-order valence-electron chi connectivity index (χ2n) is 9.57. The minimum absolute atomic E-state index is 0.0243. The molecule has 10 heteroatoms. The quantitative estimate of drug-likeness (QED) is 0.537. The zero-order valence-electron chi connectivity index (χ0n) is 22.6. The molecule has 5 rings (SSSR count). The first-order valence-electron chi connectivity index (χ1n) is 13.0. The zero-order valence-corrected chi connectivity index (χ0v) is 22.6. The third-order valence-electron chi connectivity index (χ3n) is 7.19. The second-order valence-corrected chi connectivity index (χ2v) is 9.57. The Hall–Kier alpha value is -4.60. The van der Waals surface area contributed by atoms with E-state index in [2.05, 4.69) is 10.3 Å². The largest absolute Gasteiger partial charge is 0.492 e. The highest BCUT2D eigenvalue weighted by molar-refractivity contribution is 6.13. The Morgan fingerprint density at radius 1 is 0.923 bits per heavy atom. The van der Waals surface area contributed by atoms with E-state index in [-0.39, 0.29) is 17.7 Å². The fourth-order valence-electron chi connectivity index (χ4n) is 4.98. The number of aromatic nitrogens is 1. The first kappa shape index (κ1) is 26.0. The number of piperazine rings is 1. The highest BCUT2D eigenvalue weighted by atomic mass is 16.5. The van der Waals surface area contributed by atoms with Crippen molar-refractivity contribution < 1.29 is 19.1 Å². The van der Waals surface area contributed by atoms with Gasteiger partial charge in [-0.1, -0.05) is 12.1 Å². The van der Waals surface area contributed by atoms with Crippen molar-refractivity contribution in [3.05, 3.63) is 65.9 Å². The SMILES string of the molecule is CCOc1cc(C(=O)N2CCN(C(C)=O)CC2)ccc1Nc1cc2c(cn1)N(C)C(=O)c1ccccc1N2C. The van der Waals surface area contributed by atoms with Crippen molar-refractivity contribution in [2.75, 3.05) is 62.0 Å². The van der Waals surface area contributed by atoms with Crippen LogP contribution in [0.3, 0.4) is 0 Å². The van der Waals surface area contributed by atoms with Gasteiger partial charge >= 0.3 is 0 Å². The fourth-order valence-corrected chi connectivity index (χ4v) is 4.98. The normalized spacial score (nSPS) is 14.9. The number of hydrogen-bond donors (Lipinski definition) is 1. The van der Waals surface area contributed by atoms with Gasteiger partial charge in [-0.15, -0.1) is 0 Å². The third-order valence-corrected chi connectivity index (χ3v) is 7.19. The van der Waals surface area contributed by atoms with Gasteiger partial charge in [0, 0.05) is 58.8 Å². The Bertz CT molecular complexity index is 1430. The number of para-hydroxylation sites is 1. The van der Waals surface area contributed by atoms with Gasteiger partial charge in [0.05, 0.1) is 41.1 Å². The molecule has 3 amide bonds. The number of fused-ring (bicyclic) bond motifs is 2. The number of rotatable bonds is 5. The lowest BCUT2D eigenvalue weighted by Gasteiger charge is -2.34. The highest BCUT2D eigenvalue weighted by Crippen LogP contribution is 2.40. The van der Waals surface area contributed by atoms with Crippen molar-refractivity contribution in [1.29, 1.82) is 0 Å². The molecule has 0 aliphatic carbocycles. The number of benzene rings is 2. The van der Waals surface area contributed by atoms with E-state index in [0.717, 1.165) is 11.4 Å². The summed E-state index contributed by atoms with van der Waals surface area (Å²) in [6.07, 6.45) is 1.68. The molecule has 0 unspecified atom stereocenters. The van der Waals surface area contributed by atoms with Gasteiger partial charge in [0.1, 0.15) is 11.6 Å². The Kier molecular flexibility index (Phi) is 7.10. The van der Waals surface area contributed by atoms with E-state index in [0.29, 0.717) is 66.9 Å². The van der Waals surface area contributed by atoms with Crippen molar-refractivity contribution in [2.45, 2.75) is 13.8 Å². The number of nitrogens with zero attached hydrogens (tertiary/aromatic N) is 5. The lowest BCUT2D eigenvalue weighted by molar-refractivity contribution is -0.130. The summed E-state index contributed by atoms with van der Waals surface area (Å²) in [4.78, 5) is 49.6. The maximum Gasteiger partial charge on any atom is 0.260 e. The Morgan fingerprint density at radius 2 is 1.64 bits per heavy atom. The first-order valence-corrected chi connectivity index (χ1v) is 13.0. The standard InChI is InChI=1S/C29H32N6O4/c1-5-39-26-16-20(28(37)35-14-12-34(13-15-35)19(2)36)10-11-22(26)31-27-17-24-25(18-30-27)33(4)29(38)21-8-6-7-9-23(21)32(24)3/h6-11,16-18H,5,12-15H2,1-4H3,(H,30,31). The first-order chi connectivity index (χ1) is 18.8. The van der Waals surface area contributed by atoms with Crippen LogP contribution in [0.15, 0.2) is 54.7 Å². The van der Waals surface area contributed by atoms with Crippen molar-refractivity contribution >= 4 is 46.3 Å².